The van der Waals surface area contributed by atoms with Crippen molar-refractivity contribution in [3.8, 4) is 5.69 Å². The predicted octanol–water partition coefficient (Wildman–Crippen LogP) is 4.44. The van der Waals surface area contributed by atoms with Gasteiger partial charge in [0, 0.05) is 35.4 Å². The first-order valence-corrected chi connectivity index (χ1v) is 11.1. The number of nitrogens with zero attached hydrogens (tertiary/aromatic N) is 4. The van der Waals surface area contributed by atoms with Gasteiger partial charge >= 0.3 is 0 Å². The zero-order valence-corrected chi connectivity index (χ0v) is 17.1. The van der Waals surface area contributed by atoms with E-state index in [0.717, 1.165) is 79.7 Å². The second-order valence-electron chi connectivity index (χ2n) is 8.56. The van der Waals surface area contributed by atoms with Crippen LogP contribution in [0.15, 0.2) is 22.7 Å². The Balaban J connectivity index is 1.28. The predicted molar refractivity (Wildman–Crippen MR) is 109 cm³/mol. The molecule has 6 rings (SSSR count). The summed E-state index contributed by atoms with van der Waals surface area (Å²) in [6.07, 6.45) is 7.90. The van der Waals surface area contributed by atoms with Gasteiger partial charge in [0.2, 0.25) is 0 Å². The van der Waals surface area contributed by atoms with Crippen molar-refractivity contribution in [2.45, 2.75) is 69.9 Å². The number of hydrogen-bond acceptors (Lipinski definition) is 5. The van der Waals surface area contributed by atoms with Crippen molar-refractivity contribution in [3.05, 3.63) is 57.5 Å². The molecule has 1 aliphatic heterocycles. The molecule has 1 aromatic carbocycles. The molecule has 1 N–H and O–H groups in total. The maximum atomic E-state index is 6.24. The fourth-order valence-corrected chi connectivity index (χ4v) is 5.58. The summed E-state index contributed by atoms with van der Waals surface area (Å²) in [5.74, 6) is 4.16. The van der Waals surface area contributed by atoms with E-state index in [2.05, 4.69) is 31.3 Å². The van der Waals surface area contributed by atoms with Crippen LogP contribution < -0.4 is 5.32 Å². The molecule has 1 fully saturated rings. The molecule has 3 aromatic rings. The highest BCUT2D eigenvalue weighted by atomic mass is 35.5. The zero-order valence-electron chi connectivity index (χ0n) is 16.3. The van der Waals surface area contributed by atoms with Crippen LogP contribution in [0.4, 0.5) is 0 Å². The molecule has 0 saturated heterocycles. The van der Waals surface area contributed by atoms with Gasteiger partial charge in [0.05, 0.1) is 17.9 Å². The largest absolute Gasteiger partial charge is 0.361 e. The van der Waals surface area contributed by atoms with E-state index in [1.54, 1.807) is 0 Å². The lowest BCUT2D eigenvalue weighted by Gasteiger charge is -2.27. The van der Waals surface area contributed by atoms with Crippen LogP contribution in [-0.4, -0.2) is 19.9 Å². The fraction of sp³-hybridized carbons (Fsp3) is 0.500. The number of rotatable bonds is 2. The SMILES string of the molecule is Clc1ccc2c(c1)CNCc1nnc([C@H]3CC[C@H](c4noc5c4CCC5)CC3)n1-2. The van der Waals surface area contributed by atoms with E-state index >= 15 is 0 Å². The van der Waals surface area contributed by atoms with Crippen molar-refractivity contribution in [2.75, 3.05) is 0 Å². The molecule has 3 heterocycles. The van der Waals surface area contributed by atoms with Gasteiger partial charge in [-0.15, -0.1) is 10.2 Å². The van der Waals surface area contributed by atoms with Crippen LogP contribution in [0.1, 0.15) is 78.2 Å². The Morgan fingerprint density at radius 1 is 1.03 bits per heavy atom. The van der Waals surface area contributed by atoms with Crippen LogP contribution in [0.3, 0.4) is 0 Å². The molecule has 3 aliphatic rings. The van der Waals surface area contributed by atoms with Crippen molar-refractivity contribution < 1.29 is 4.52 Å². The van der Waals surface area contributed by atoms with Crippen LogP contribution in [0.5, 0.6) is 0 Å². The van der Waals surface area contributed by atoms with Crippen LogP contribution in [-0.2, 0) is 25.9 Å². The highest BCUT2D eigenvalue weighted by Crippen LogP contribution is 2.43. The van der Waals surface area contributed by atoms with Gasteiger partial charge in [0.15, 0.2) is 5.82 Å². The normalized spacial score (nSPS) is 23.3. The van der Waals surface area contributed by atoms with Gasteiger partial charge in [-0.25, -0.2) is 0 Å². The first-order chi connectivity index (χ1) is 14.3. The van der Waals surface area contributed by atoms with Crippen molar-refractivity contribution in [1.29, 1.82) is 0 Å². The summed E-state index contributed by atoms with van der Waals surface area (Å²) < 4.78 is 7.87. The third-order valence-electron chi connectivity index (χ3n) is 6.85. The summed E-state index contributed by atoms with van der Waals surface area (Å²) >= 11 is 6.24. The van der Waals surface area contributed by atoms with Crippen molar-refractivity contribution in [3.63, 3.8) is 0 Å². The number of aryl methyl sites for hydroxylation is 1. The van der Waals surface area contributed by atoms with Crippen LogP contribution >= 0.6 is 11.6 Å². The Morgan fingerprint density at radius 2 is 1.90 bits per heavy atom. The maximum Gasteiger partial charge on any atom is 0.151 e. The third-order valence-corrected chi connectivity index (χ3v) is 7.08. The lowest BCUT2D eigenvalue weighted by molar-refractivity contribution is 0.342. The maximum absolute atomic E-state index is 6.24. The summed E-state index contributed by atoms with van der Waals surface area (Å²) in [6.45, 7) is 1.52. The molecule has 7 heteroatoms. The van der Waals surface area contributed by atoms with Gasteiger partial charge < -0.3 is 9.84 Å². The Hall–Kier alpha value is -2.18. The average molecular weight is 410 g/mol. The van der Waals surface area contributed by atoms with Crippen LogP contribution in [0.25, 0.3) is 5.69 Å². The number of halogens is 1. The van der Waals surface area contributed by atoms with E-state index in [0.29, 0.717) is 11.8 Å². The molecule has 6 nitrogen and oxygen atoms in total. The quantitative estimate of drug-likeness (QED) is 0.677. The van der Waals surface area contributed by atoms with Gasteiger partial charge in [-0.1, -0.05) is 16.8 Å². The van der Waals surface area contributed by atoms with E-state index in [-0.39, 0.29) is 0 Å². The summed E-state index contributed by atoms with van der Waals surface area (Å²) in [4.78, 5) is 0. The number of benzene rings is 1. The highest BCUT2D eigenvalue weighted by Gasteiger charge is 2.33. The monoisotopic (exact) mass is 409 g/mol. The Kier molecular flexibility index (Phi) is 4.24. The molecule has 150 valence electrons. The Morgan fingerprint density at radius 3 is 2.79 bits per heavy atom. The van der Waals surface area contributed by atoms with E-state index in [1.165, 1.54) is 23.2 Å². The molecular formula is C22H24ClN5O. The smallest absolute Gasteiger partial charge is 0.151 e. The number of aromatic nitrogens is 4. The number of nitrogens with one attached hydrogen (secondary N) is 1. The minimum Gasteiger partial charge on any atom is -0.361 e. The molecule has 1 saturated carbocycles. The average Bonchev–Trinajstić information content (AvgIpc) is 3.42. The van der Waals surface area contributed by atoms with Crippen molar-refractivity contribution >= 4 is 11.6 Å². The second-order valence-corrected chi connectivity index (χ2v) is 8.99. The summed E-state index contributed by atoms with van der Waals surface area (Å²) in [5, 5.41) is 17.8. The van der Waals surface area contributed by atoms with Crippen molar-refractivity contribution in [1.82, 2.24) is 25.2 Å². The fourth-order valence-electron chi connectivity index (χ4n) is 5.39. The van der Waals surface area contributed by atoms with Crippen molar-refractivity contribution in [2.24, 2.45) is 0 Å². The Bertz CT molecular complexity index is 1060. The first-order valence-electron chi connectivity index (χ1n) is 10.7. The topological polar surface area (TPSA) is 68.8 Å². The summed E-state index contributed by atoms with van der Waals surface area (Å²) in [6, 6.07) is 6.11. The van der Waals surface area contributed by atoms with Gasteiger partial charge in [-0.2, -0.15) is 0 Å². The molecule has 0 radical (unpaired) electrons. The highest BCUT2D eigenvalue weighted by molar-refractivity contribution is 6.30. The number of fused-ring (bicyclic) bond motifs is 4. The minimum absolute atomic E-state index is 0.425. The lowest BCUT2D eigenvalue weighted by Crippen LogP contribution is -2.17. The van der Waals surface area contributed by atoms with E-state index in [9.17, 15) is 0 Å². The summed E-state index contributed by atoms with van der Waals surface area (Å²) in [5.41, 5.74) is 5.00. The lowest BCUT2D eigenvalue weighted by atomic mass is 9.79. The van der Waals surface area contributed by atoms with E-state index < -0.39 is 0 Å². The van der Waals surface area contributed by atoms with Gasteiger partial charge in [-0.3, -0.25) is 4.57 Å². The second kappa shape index (κ2) is 6.96. The third kappa shape index (κ3) is 2.92. The molecule has 0 amide bonds. The van der Waals surface area contributed by atoms with Gasteiger partial charge in [0.1, 0.15) is 11.6 Å². The molecular weight excluding hydrogens is 386 g/mol. The van der Waals surface area contributed by atoms with Crippen LogP contribution in [0.2, 0.25) is 5.02 Å². The minimum atomic E-state index is 0.425. The molecule has 2 aliphatic carbocycles. The van der Waals surface area contributed by atoms with E-state index in [1.807, 2.05) is 12.1 Å². The van der Waals surface area contributed by atoms with Gasteiger partial charge in [-0.05, 0) is 62.3 Å². The molecule has 29 heavy (non-hydrogen) atoms. The summed E-state index contributed by atoms with van der Waals surface area (Å²) in [7, 11) is 0. The first kappa shape index (κ1) is 17.7. The molecule has 0 bridgehead atoms. The number of hydrogen-bond donors (Lipinski definition) is 1. The molecule has 0 unspecified atom stereocenters. The molecule has 0 atom stereocenters. The molecule has 0 spiro atoms. The van der Waals surface area contributed by atoms with E-state index in [4.69, 9.17) is 16.1 Å². The Labute approximate surface area is 174 Å². The van der Waals surface area contributed by atoms with Gasteiger partial charge in [0.25, 0.3) is 0 Å². The molecule has 2 aromatic heterocycles. The zero-order chi connectivity index (χ0) is 19.4. The standard InChI is InChI=1S/C22H24ClN5O/c23-16-8-9-18-15(10-16)11-24-12-20-25-26-22(28(18)20)14-6-4-13(5-7-14)21-17-2-1-3-19(17)29-27-21/h8-10,13-14,24H,1-7,11-12H2/t13-,14-. The van der Waals surface area contributed by atoms with Crippen LogP contribution in [0, 0.1) is 0 Å².